The van der Waals surface area contributed by atoms with Gasteiger partial charge in [-0.25, -0.2) is 0 Å². The van der Waals surface area contributed by atoms with Crippen molar-refractivity contribution in [2.24, 2.45) is 0 Å². The van der Waals surface area contributed by atoms with Crippen LogP contribution in [0.4, 0.5) is 5.69 Å². The molecule has 120 valence electrons. The Morgan fingerprint density at radius 1 is 1.13 bits per heavy atom. The maximum absolute atomic E-state index is 11.4. The molecule has 0 aromatic heterocycles. The standard InChI is InChI=1S/C17H18N2O4/c20-12-15-4-3-14(17(15)18-7-9-23-10-8-18)11-13-1-5-16(6-2-13)19(21)22/h1-2,5-6,11-12H,3-4,7-10H2. The van der Waals surface area contributed by atoms with Crippen LogP contribution in [0.5, 0.6) is 0 Å². The number of benzene rings is 1. The van der Waals surface area contributed by atoms with Crippen LogP contribution in [0, 0.1) is 10.1 Å². The minimum atomic E-state index is -0.407. The second-order valence-electron chi connectivity index (χ2n) is 5.61. The van der Waals surface area contributed by atoms with E-state index >= 15 is 0 Å². The van der Waals surface area contributed by atoms with Gasteiger partial charge in [-0.3, -0.25) is 14.9 Å². The summed E-state index contributed by atoms with van der Waals surface area (Å²) >= 11 is 0. The highest BCUT2D eigenvalue weighted by Crippen LogP contribution is 2.34. The Labute approximate surface area is 134 Å². The van der Waals surface area contributed by atoms with Crippen molar-refractivity contribution < 1.29 is 14.5 Å². The highest BCUT2D eigenvalue weighted by atomic mass is 16.6. The third-order valence-corrected chi connectivity index (χ3v) is 4.19. The fourth-order valence-electron chi connectivity index (χ4n) is 3.05. The monoisotopic (exact) mass is 314 g/mol. The summed E-state index contributed by atoms with van der Waals surface area (Å²) in [5.41, 5.74) is 3.95. The Morgan fingerprint density at radius 3 is 2.43 bits per heavy atom. The van der Waals surface area contributed by atoms with Crippen LogP contribution in [0.15, 0.2) is 41.1 Å². The van der Waals surface area contributed by atoms with Crippen LogP contribution in [-0.2, 0) is 9.53 Å². The molecule has 6 heteroatoms. The highest BCUT2D eigenvalue weighted by molar-refractivity contribution is 5.80. The number of nitro groups is 1. The van der Waals surface area contributed by atoms with Crippen molar-refractivity contribution in [3.8, 4) is 0 Å². The fraction of sp³-hybridized carbons (Fsp3) is 0.353. The number of non-ortho nitro benzene ring substituents is 1. The molecule has 0 atom stereocenters. The number of carbonyl (C=O) groups excluding carboxylic acids is 1. The number of rotatable bonds is 4. The van der Waals surface area contributed by atoms with Gasteiger partial charge in [0.15, 0.2) is 0 Å². The van der Waals surface area contributed by atoms with Gasteiger partial charge in [0.1, 0.15) is 6.29 Å². The summed E-state index contributed by atoms with van der Waals surface area (Å²) < 4.78 is 5.38. The molecule has 0 bridgehead atoms. The first-order chi connectivity index (χ1) is 11.2. The van der Waals surface area contributed by atoms with Gasteiger partial charge < -0.3 is 9.64 Å². The van der Waals surface area contributed by atoms with Crippen molar-refractivity contribution in [3.63, 3.8) is 0 Å². The van der Waals surface area contributed by atoms with Crippen molar-refractivity contribution in [2.75, 3.05) is 26.3 Å². The number of ether oxygens (including phenoxy) is 1. The lowest BCUT2D eigenvalue weighted by Crippen LogP contribution is -2.36. The number of hydrogen-bond acceptors (Lipinski definition) is 5. The first-order valence-corrected chi connectivity index (χ1v) is 7.65. The van der Waals surface area contributed by atoms with E-state index < -0.39 is 4.92 Å². The fourth-order valence-corrected chi connectivity index (χ4v) is 3.05. The lowest BCUT2D eigenvalue weighted by molar-refractivity contribution is -0.384. The van der Waals surface area contributed by atoms with Crippen LogP contribution in [-0.4, -0.2) is 42.4 Å². The molecule has 6 nitrogen and oxygen atoms in total. The lowest BCUT2D eigenvalue weighted by atomic mass is 10.1. The maximum atomic E-state index is 11.4. The van der Waals surface area contributed by atoms with Crippen LogP contribution >= 0.6 is 0 Å². The van der Waals surface area contributed by atoms with Gasteiger partial charge in [-0.2, -0.15) is 0 Å². The topological polar surface area (TPSA) is 72.7 Å². The highest BCUT2D eigenvalue weighted by Gasteiger charge is 2.25. The summed E-state index contributed by atoms with van der Waals surface area (Å²) in [6, 6.07) is 6.47. The Hall–Kier alpha value is -2.47. The Balaban J connectivity index is 1.89. The number of nitrogens with zero attached hydrogens (tertiary/aromatic N) is 2. The molecule has 1 aromatic carbocycles. The van der Waals surface area contributed by atoms with Gasteiger partial charge in [0, 0.05) is 36.5 Å². The van der Waals surface area contributed by atoms with Gasteiger partial charge in [0.05, 0.1) is 18.1 Å². The number of aldehydes is 1. The van der Waals surface area contributed by atoms with Gasteiger partial charge in [0.2, 0.25) is 0 Å². The van der Waals surface area contributed by atoms with E-state index in [2.05, 4.69) is 4.90 Å². The molecule has 23 heavy (non-hydrogen) atoms. The van der Waals surface area contributed by atoms with E-state index in [1.165, 1.54) is 12.1 Å². The van der Waals surface area contributed by atoms with Crippen LogP contribution < -0.4 is 0 Å². The molecule has 1 aliphatic heterocycles. The zero-order valence-electron chi connectivity index (χ0n) is 12.7. The predicted octanol–water partition coefficient (Wildman–Crippen LogP) is 2.56. The average Bonchev–Trinajstić information content (AvgIpc) is 2.99. The van der Waals surface area contributed by atoms with E-state index in [-0.39, 0.29) is 5.69 Å². The molecule has 1 heterocycles. The van der Waals surface area contributed by atoms with Crippen LogP contribution in [0.2, 0.25) is 0 Å². The van der Waals surface area contributed by atoms with Crippen molar-refractivity contribution in [1.82, 2.24) is 4.90 Å². The molecule has 2 aliphatic rings. The summed E-state index contributed by atoms with van der Waals surface area (Å²) in [7, 11) is 0. The van der Waals surface area contributed by atoms with E-state index in [1.54, 1.807) is 12.1 Å². The second kappa shape index (κ2) is 6.75. The summed E-state index contributed by atoms with van der Waals surface area (Å²) in [5, 5.41) is 10.7. The van der Waals surface area contributed by atoms with E-state index in [0.29, 0.717) is 13.2 Å². The molecule has 0 amide bonds. The molecule has 0 radical (unpaired) electrons. The van der Waals surface area contributed by atoms with Gasteiger partial charge in [-0.05, 0) is 42.2 Å². The molecule has 1 aromatic rings. The van der Waals surface area contributed by atoms with Crippen LogP contribution in [0.3, 0.4) is 0 Å². The van der Waals surface area contributed by atoms with E-state index in [0.717, 1.165) is 54.6 Å². The van der Waals surface area contributed by atoms with Gasteiger partial charge in [-0.15, -0.1) is 0 Å². The number of hydrogen-bond donors (Lipinski definition) is 0. The first-order valence-electron chi connectivity index (χ1n) is 7.65. The van der Waals surface area contributed by atoms with Gasteiger partial charge in [0.25, 0.3) is 5.69 Å². The number of nitro benzene ring substituents is 1. The number of carbonyl (C=O) groups is 1. The van der Waals surface area contributed by atoms with Gasteiger partial charge in [-0.1, -0.05) is 0 Å². The van der Waals surface area contributed by atoms with Crippen molar-refractivity contribution in [1.29, 1.82) is 0 Å². The zero-order chi connectivity index (χ0) is 16.2. The predicted molar refractivity (Wildman–Crippen MR) is 85.8 cm³/mol. The molecule has 1 aliphatic carbocycles. The Morgan fingerprint density at radius 2 is 1.83 bits per heavy atom. The molecule has 3 rings (SSSR count). The Kier molecular flexibility index (Phi) is 4.52. The molecule has 1 fully saturated rings. The molecule has 1 saturated heterocycles. The normalized spacial score (nSPS) is 20.2. The molecule has 0 saturated carbocycles. The summed E-state index contributed by atoms with van der Waals surface area (Å²) in [4.78, 5) is 23.9. The second-order valence-corrected chi connectivity index (χ2v) is 5.61. The Bertz CT molecular complexity index is 670. The summed E-state index contributed by atoms with van der Waals surface area (Å²) in [6.45, 7) is 2.90. The van der Waals surface area contributed by atoms with Gasteiger partial charge >= 0.3 is 0 Å². The number of allylic oxidation sites excluding steroid dienone is 2. The number of morpholine rings is 1. The third kappa shape index (κ3) is 3.32. The smallest absolute Gasteiger partial charge is 0.269 e. The molecular weight excluding hydrogens is 296 g/mol. The van der Waals surface area contributed by atoms with Crippen molar-refractivity contribution in [3.05, 3.63) is 56.8 Å². The van der Waals surface area contributed by atoms with Crippen LogP contribution in [0.1, 0.15) is 18.4 Å². The lowest BCUT2D eigenvalue weighted by Gasteiger charge is -2.31. The van der Waals surface area contributed by atoms with Crippen molar-refractivity contribution in [2.45, 2.75) is 12.8 Å². The largest absolute Gasteiger partial charge is 0.378 e. The average molecular weight is 314 g/mol. The molecule has 0 N–H and O–H groups in total. The SMILES string of the molecule is O=CC1=C(N2CCOCC2)C(=Cc2ccc([N+](=O)[O-])cc2)CC1. The molecular formula is C17H18N2O4. The summed E-state index contributed by atoms with van der Waals surface area (Å²) in [6.07, 6.45) is 4.53. The quantitative estimate of drug-likeness (QED) is 0.485. The van der Waals surface area contributed by atoms with E-state index in [4.69, 9.17) is 4.74 Å². The van der Waals surface area contributed by atoms with Crippen molar-refractivity contribution >= 4 is 18.0 Å². The minimum absolute atomic E-state index is 0.0797. The van der Waals surface area contributed by atoms with E-state index in [1.807, 2.05) is 6.08 Å². The molecule has 0 unspecified atom stereocenters. The third-order valence-electron chi connectivity index (χ3n) is 4.19. The van der Waals surface area contributed by atoms with Crippen LogP contribution in [0.25, 0.3) is 6.08 Å². The molecule has 0 spiro atoms. The zero-order valence-corrected chi connectivity index (χ0v) is 12.7. The first kappa shape index (κ1) is 15.4. The van der Waals surface area contributed by atoms with E-state index in [9.17, 15) is 14.9 Å². The maximum Gasteiger partial charge on any atom is 0.269 e. The minimum Gasteiger partial charge on any atom is -0.378 e. The summed E-state index contributed by atoms with van der Waals surface area (Å²) in [5.74, 6) is 0.